The normalized spacial score (nSPS) is 11.1. The van der Waals surface area contributed by atoms with E-state index in [0.717, 1.165) is 42.4 Å². The van der Waals surface area contributed by atoms with Crippen LogP contribution in [0.5, 0.6) is 5.75 Å². The van der Waals surface area contributed by atoms with Crippen LogP contribution in [0.2, 0.25) is 0 Å². The van der Waals surface area contributed by atoms with Crippen LogP contribution >= 0.6 is 24.0 Å². The molecule has 0 radical (unpaired) electrons. The number of benzene rings is 1. The molecule has 0 spiro atoms. The molecule has 2 rings (SSSR count). The second-order valence-electron chi connectivity index (χ2n) is 6.40. The minimum atomic E-state index is 0. The van der Waals surface area contributed by atoms with E-state index in [9.17, 15) is 0 Å². The number of aromatic nitrogens is 2. The predicted molar refractivity (Wildman–Crippen MR) is 122 cm³/mol. The van der Waals surface area contributed by atoms with E-state index in [4.69, 9.17) is 4.74 Å². The van der Waals surface area contributed by atoms with Crippen molar-refractivity contribution in [2.75, 3.05) is 13.7 Å². The van der Waals surface area contributed by atoms with Gasteiger partial charge >= 0.3 is 0 Å². The van der Waals surface area contributed by atoms with Gasteiger partial charge in [0, 0.05) is 38.4 Å². The van der Waals surface area contributed by atoms with Gasteiger partial charge in [0.1, 0.15) is 5.75 Å². The molecule has 27 heavy (non-hydrogen) atoms. The van der Waals surface area contributed by atoms with Crippen LogP contribution in [0.4, 0.5) is 0 Å². The highest BCUT2D eigenvalue weighted by Crippen LogP contribution is 2.14. The summed E-state index contributed by atoms with van der Waals surface area (Å²) in [4.78, 5) is 4.30. The van der Waals surface area contributed by atoms with Gasteiger partial charge in [0.2, 0.25) is 0 Å². The van der Waals surface area contributed by atoms with Gasteiger partial charge in [-0.25, -0.2) is 0 Å². The molecule has 0 bridgehead atoms. The van der Waals surface area contributed by atoms with Crippen LogP contribution in [-0.2, 0) is 20.1 Å². The van der Waals surface area contributed by atoms with E-state index in [0.29, 0.717) is 13.1 Å². The first-order valence-corrected chi connectivity index (χ1v) is 9.20. The second-order valence-corrected chi connectivity index (χ2v) is 6.40. The standard InChI is InChI=1S/C20H31N5O.HI/c1-6-7-11-26-18-10-8-9-17(12-18)13-22-20(21-4)23-14-19-15(2)24-25(5)16(19)3;/h8-10,12H,6-7,11,13-14H2,1-5H3,(H2,21,22,23);1H. The molecule has 6 nitrogen and oxygen atoms in total. The number of aryl methyl sites for hydroxylation is 2. The quantitative estimate of drug-likeness (QED) is 0.259. The molecule has 0 saturated heterocycles. The highest BCUT2D eigenvalue weighted by atomic mass is 127. The van der Waals surface area contributed by atoms with Crippen LogP contribution in [0.1, 0.15) is 42.3 Å². The van der Waals surface area contributed by atoms with Crippen molar-refractivity contribution < 1.29 is 4.74 Å². The van der Waals surface area contributed by atoms with Crippen molar-refractivity contribution in [1.82, 2.24) is 20.4 Å². The Kier molecular flexibility index (Phi) is 10.2. The first-order chi connectivity index (χ1) is 12.5. The molecule has 7 heteroatoms. The van der Waals surface area contributed by atoms with E-state index in [1.165, 1.54) is 11.3 Å². The van der Waals surface area contributed by atoms with Gasteiger partial charge in [-0.05, 0) is 38.0 Å². The van der Waals surface area contributed by atoms with Crippen molar-refractivity contribution in [2.45, 2.75) is 46.7 Å². The maximum absolute atomic E-state index is 5.77. The number of hydrogen-bond donors (Lipinski definition) is 2. The average Bonchev–Trinajstić information content (AvgIpc) is 2.88. The molecule has 0 atom stereocenters. The van der Waals surface area contributed by atoms with Crippen LogP contribution in [0.25, 0.3) is 0 Å². The Balaban J connectivity index is 0.00000364. The van der Waals surface area contributed by atoms with E-state index in [1.54, 1.807) is 7.05 Å². The maximum atomic E-state index is 5.77. The van der Waals surface area contributed by atoms with Gasteiger partial charge in [0.05, 0.1) is 12.3 Å². The smallest absolute Gasteiger partial charge is 0.191 e. The second kappa shape index (κ2) is 11.8. The summed E-state index contributed by atoms with van der Waals surface area (Å²) in [6.07, 6.45) is 2.21. The van der Waals surface area contributed by atoms with Gasteiger partial charge in [-0.1, -0.05) is 25.5 Å². The highest BCUT2D eigenvalue weighted by Gasteiger charge is 2.09. The molecule has 2 N–H and O–H groups in total. The van der Waals surface area contributed by atoms with Gasteiger partial charge in [0.25, 0.3) is 0 Å². The van der Waals surface area contributed by atoms with E-state index >= 15 is 0 Å². The van der Waals surface area contributed by atoms with Crippen molar-refractivity contribution in [3.63, 3.8) is 0 Å². The molecule has 0 aliphatic heterocycles. The van der Waals surface area contributed by atoms with Gasteiger partial charge in [0.15, 0.2) is 5.96 Å². The monoisotopic (exact) mass is 485 g/mol. The molecule has 1 aromatic heterocycles. The third-order valence-corrected chi connectivity index (χ3v) is 4.44. The molecule has 150 valence electrons. The van der Waals surface area contributed by atoms with Gasteiger partial charge in [-0.15, -0.1) is 24.0 Å². The van der Waals surface area contributed by atoms with Crippen LogP contribution < -0.4 is 15.4 Å². The Morgan fingerprint density at radius 1 is 1.22 bits per heavy atom. The number of guanidine groups is 1. The van der Waals surface area contributed by atoms with Crippen LogP contribution in [0.3, 0.4) is 0 Å². The van der Waals surface area contributed by atoms with Crippen molar-refractivity contribution in [2.24, 2.45) is 12.0 Å². The predicted octanol–water partition coefficient (Wildman–Crippen LogP) is 3.70. The van der Waals surface area contributed by atoms with Crippen LogP contribution in [0.15, 0.2) is 29.3 Å². The molecule has 0 aliphatic rings. The summed E-state index contributed by atoms with van der Waals surface area (Å²) in [5.41, 5.74) is 4.59. The maximum Gasteiger partial charge on any atom is 0.191 e. The van der Waals surface area contributed by atoms with Gasteiger partial charge in [-0.3, -0.25) is 9.67 Å². The molecular formula is C20H32IN5O. The first-order valence-electron chi connectivity index (χ1n) is 9.20. The Labute approximate surface area is 179 Å². The topological polar surface area (TPSA) is 63.5 Å². The summed E-state index contributed by atoms with van der Waals surface area (Å²) in [6, 6.07) is 8.19. The molecule has 0 fully saturated rings. The number of rotatable bonds is 8. The highest BCUT2D eigenvalue weighted by molar-refractivity contribution is 14.0. The summed E-state index contributed by atoms with van der Waals surface area (Å²) in [5, 5.41) is 11.2. The van der Waals surface area contributed by atoms with Crippen molar-refractivity contribution >= 4 is 29.9 Å². The fraction of sp³-hybridized carbons (Fsp3) is 0.500. The summed E-state index contributed by atoms with van der Waals surface area (Å²) >= 11 is 0. The summed E-state index contributed by atoms with van der Waals surface area (Å²) in [6.45, 7) is 8.43. The first kappa shape index (κ1) is 23.3. The number of aliphatic imine (C=N–C) groups is 1. The molecule has 1 aromatic carbocycles. The molecule has 0 aliphatic carbocycles. The van der Waals surface area contributed by atoms with Crippen LogP contribution in [0, 0.1) is 13.8 Å². The average molecular weight is 485 g/mol. The zero-order valence-electron chi connectivity index (χ0n) is 17.0. The Morgan fingerprint density at radius 2 is 1.96 bits per heavy atom. The van der Waals surface area contributed by atoms with E-state index in [2.05, 4.69) is 46.7 Å². The lowest BCUT2D eigenvalue weighted by atomic mass is 10.2. The van der Waals surface area contributed by atoms with Crippen LogP contribution in [-0.4, -0.2) is 29.4 Å². The zero-order chi connectivity index (χ0) is 18.9. The Hall–Kier alpha value is -1.77. The lowest BCUT2D eigenvalue weighted by Crippen LogP contribution is -2.36. The third-order valence-electron chi connectivity index (χ3n) is 4.44. The molecule has 2 aromatic rings. The zero-order valence-corrected chi connectivity index (χ0v) is 19.3. The molecule has 0 unspecified atom stereocenters. The minimum Gasteiger partial charge on any atom is -0.494 e. The van der Waals surface area contributed by atoms with Crippen molar-refractivity contribution in [3.8, 4) is 5.75 Å². The summed E-state index contributed by atoms with van der Waals surface area (Å²) in [7, 11) is 3.75. The molecule has 0 saturated carbocycles. The molecular weight excluding hydrogens is 453 g/mol. The number of hydrogen-bond acceptors (Lipinski definition) is 3. The molecule has 0 amide bonds. The lowest BCUT2D eigenvalue weighted by Gasteiger charge is -2.13. The number of unbranched alkanes of at least 4 members (excludes halogenated alkanes) is 1. The lowest BCUT2D eigenvalue weighted by molar-refractivity contribution is 0.309. The van der Waals surface area contributed by atoms with E-state index in [1.807, 2.05) is 30.8 Å². The van der Waals surface area contributed by atoms with E-state index < -0.39 is 0 Å². The van der Waals surface area contributed by atoms with Crippen molar-refractivity contribution in [3.05, 3.63) is 46.8 Å². The fourth-order valence-electron chi connectivity index (χ4n) is 2.73. The fourth-order valence-corrected chi connectivity index (χ4v) is 2.73. The summed E-state index contributed by atoms with van der Waals surface area (Å²) in [5.74, 6) is 1.69. The summed E-state index contributed by atoms with van der Waals surface area (Å²) < 4.78 is 7.68. The molecule has 1 heterocycles. The largest absolute Gasteiger partial charge is 0.494 e. The SMILES string of the molecule is CCCCOc1cccc(CNC(=NC)NCc2c(C)nn(C)c2C)c1.I. The number of halogens is 1. The van der Waals surface area contributed by atoms with Gasteiger partial charge in [-0.2, -0.15) is 5.10 Å². The Morgan fingerprint density at radius 3 is 2.59 bits per heavy atom. The van der Waals surface area contributed by atoms with E-state index in [-0.39, 0.29) is 24.0 Å². The van der Waals surface area contributed by atoms with Crippen molar-refractivity contribution in [1.29, 1.82) is 0 Å². The number of nitrogens with one attached hydrogen (secondary N) is 2. The Bertz CT molecular complexity index is 742. The third kappa shape index (κ3) is 7.04. The minimum absolute atomic E-state index is 0. The van der Waals surface area contributed by atoms with Gasteiger partial charge < -0.3 is 15.4 Å². The number of nitrogens with zero attached hydrogens (tertiary/aromatic N) is 3. The number of ether oxygens (including phenoxy) is 1.